The quantitative estimate of drug-likeness (QED) is 0.563. The standard InChI is InChI=1S/C13H18N3O2/c1-9-7-6-8-10(14-9)11-15(17)12(2,3)13(4,5)16(11)18/h6-8H,1-5H3. The number of nitrogens with zero attached hydrogens (tertiary/aromatic N) is 3. The molecule has 0 aromatic carbocycles. The van der Waals surface area contributed by atoms with Crippen LogP contribution < -0.4 is 0 Å². The lowest BCUT2D eigenvalue weighted by Crippen LogP contribution is -2.53. The van der Waals surface area contributed by atoms with Crippen molar-refractivity contribution in [3.8, 4) is 0 Å². The highest BCUT2D eigenvalue weighted by Gasteiger charge is 2.60. The van der Waals surface area contributed by atoms with Crippen LogP contribution in [-0.2, 0) is 5.21 Å². The molecule has 97 valence electrons. The molecule has 0 bridgehead atoms. The number of amidine groups is 1. The van der Waals surface area contributed by atoms with Crippen LogP contribution in [0, 0.1) is 12.1 Å². The Bertz CT molecular complexity index is 521. The molecule has 0 atom stereocenters. The molecular formula is C13H18N3O2. The molecule has 0 spiro atoms. The Morgan fingerprint density at radius 3 is 2.33 bits per heavy atom. The fraction of sp³-hybridized carbons (Fsp3) is 0.538. The van der Waals surface area contributed by atoms with Gasteiger partial charge in [-0.2, -0.15) is 0 Å². The van der Waals surface area contributed by atoms with Gasteiger partial charge in [0.05, 0.1) is 0 Å². The van der Waals surface area contributed by atoms with E-state index in [1.54, 1.807) is 39.8 Å². The van der Waals surface area contributed by atoms with Gasteiger partial charge in [0.25, 0.3) is 0 Å². The first-order valence-corrected chi connectivity index (χ1v) is 5.95. The van der Waals surface area contributed by atoms with Crippen molar-refractivity contribution in [1.82, 2.24) is 10.0 Å². The predicted molar refractivity (Wildman–Crippen MR) is 67.4 cm³/mol. The van der Waals surface area contributed by atoms with Crippen LogP contribution in [0.25, 0.3) is 0 Å². The Morgan fingerprint density at radius 2 is 1.89 bits per heavy atom. The van der Waals surface area contributed by atoms with E-state index < -0.39 is 11.1 Å². The average Bonchev–Trinajstić information content (AvgIpc) is 2.38. The molecule has 5 nitrogen and oxygen atoms in total. The van der Waals surface area contributed by atoms with Crippen LogP contribution in [-0.4, -0.2) is 31.7 Å². The van der Waals surface area contributed by atoms with Crippen molar-refractivity contribution >= 4 is 5.84 Å². The van der Waals surface area contributed by atoms with E-state index in [1.165, 1.54) is 0 Å². The lowest BCUT2D eigenvalue weighted by molar-refractivity contribution is -0.539. The first kappa shape index (κ1) is 12.8. The highest BCUT2D eigenvalue weighted by molar-refractivity contribution is 5.94. The second-order valence-corrected chi connectivity index (χ2v) is 5.69. The summed E-state index contributed by atoms with van der Waals surface area (Å²) in [5.74, 6) is 0.0914. The third-order valence-electron chi connectivity index (χ3n) is 4.01. The van der Waals surface area contributed by atoms with Gasteiger partial charge in [-0.05, 0) is 46.8 Å². The molecule has 18 heavy (non-hydrogen) atoms. The zero-order valence-corrected chi connectivity index (χ0v) is 11.4. The normalized spacial score (nSPS) is 21.6. The van der Waals surface area contributed by atoms with Crippen LogP contribution >= 0.6 is 0 Å². The van der Waals surface area contributed by atoms with Crippen molar-refractivity contribution in [3.05, 3.63) is 34.8 Å². The number of hydroxylamine groups is 3. The summed E-state index contributed by atoms with van der Waals surface area (Å²) in [6.07, 6.45) is 0. The number of hydrogen-bond donors (Lipinski definition) is 0. The van der Waals surface area contributed by atoms with Crippen molar-refractivity contribution in [2.24, 2.45) is 0 Å². The number of rotatable bonds is 1. The van der Waals surface area contributed by atoms with E-state index in [1.807, 2.05) is 13.0 Å². The fourth-order valence-electron chi connectivity index (χ4n) is 1.98. The van der Waals surface area contributed by atoms with E-state index >= 15 is 0 Å². The average molecular weight is 248 g/mol. The summed E-state index contributed by atoms with van der Waals surface area (Å²) < 4.78 is 0.780. The largest absolute Gasteiger partial charge is 0.714 e. The topological polar surface area (TPSA) is 62.1 Å². The summed E-state index contributed by atoms with van der Waals surface area (Å²) in [7, 11) is 0. The van der Waals surface area contributed by atoms with Gasteiger partial charge in [-0.25, -0.2) is 4.98 Å². The summed E-state index contributed by atoms with van der Waals surface area (Å²) in [6, 6.07) is 5.32. The van der Waals surface area contributed by atoms with E-state index in [-0.39, 0.29) is 5.84 Å². The van der Waals surface area contributed by atoms with Gasteiger partial charge in [0.2, 0.25) is 0 Å². The molecular weight excluding hydrogens is 230 g/mol. The molecule has 1 radical (unpaired) electrons. The maximum absolute atomic E-state index is 12.4. The first-order chi connectivity index (χ1) is 8.19. The molecule has 2 rings (SSSR count). The molecule has 1 aromatic heterocycles. The fourth-order valence-corrected chi connectivity index (χ4v) is 1.98. The molecule has 1 aromatic rings. The van der Waals surface area contributed by atoms with Crippen molar-refractivity contribution in [3.63, 3.8) is 0 Å². The van der Waals surface area contributed by atoms with Gasteiger partial charge >= 0.3 is 5.84 Å². The van der Waals surface area contributed by atoms with Crippen LogP contribution in [0.2, 0.25) is 0 Å². The SMILES string of the molecule is Cc1cccc(C2=[N+]([O-])C(C)(C)C(C)(C)N2[O])n1. The minimum atomic E-state index is -0.796. The zero-order valence-electron chi connectivity index (χ0n) is 11.4. The van der Waals surface area contributed by atoms with Gasteiger partial charge in [-0.15, -0.1) is 0 Å². The predicted octanol–water partition coefficient (Wildman–Crippen LogP) is 1.87. The molecule has 0 aliphatic carbocycles. The van der Waals surface area contributed by atoms with Crippen molar-refractivity contribution in [2.75, 3.05) is 0 Å². The zero-order chi connectivity index (χ0) is 13.7. The van der Waals surface area contributed by atoms with Crippen LogP contribution in [0.1, 0.15) is 39.1 Å². The monoisotopic (exact) mass is 248 g/mol. The molecule has 0 unspecified atom stereocenters. The summed E-state index contributed by atoms with van der Waals surface area (Å²) in [6.45, 7) is 8.92. The van der Waals surface area contributed by atoms with Gasteiger partial charge < -0.3 is 5.21 Å². The number of hydrogen-bond acceptors (Lipinski definition) is 3. The molecule has 5 heteroatoms. The summed E-state index contributed by atoms with van der Waals surface area (Å²) in [4.78, 5) is 4.27. The van der Waals surface area contributed by atoms with Crippen molar-refractivity contribution in [2.45, 2.75) is 45.7 Å². The number of aromatic nitrogens is 1. The van der Waals surface area contributed by atoms with Crippen molar-refractivity contribution < 1.29 is 9.95 Å². The molecule has 0 saturated heterocycles. The van der Waals surface area contributed by atoms with Gasteiger partial charge in [0.15, 0.2) is 11.2 Å². The summed E-state index contributed by atoms with van der Waals surface area (Å²) in [5, 5.41) is 25.5. The Hall–Kier alpha value is -1.62. The Balaban J connectivity index is 2.61. The van der Waals surface area contributed by atoms with E-state index in [0.29, 0.717) is 5.69 Å². The van der Waals surface area contributed by atoms with E-state index in [9.17, 15) is 10.4 Å². The number of aryl methyl sites for hydroxylation is 1. The van der Waals surface area contributed by atoms with Gasteiger partial charge in [0.1, 0.15) is 5.54 Å². The van der Waals surface area contributed by atoms with Crippen LogP contribution in [0.15, 0.2) is 18.2 Å². The Labute approximate surface area is 107 Å². The summed E-state index contributed by atoms with van der Waals surface area (Å²) in [5.41, 5.74) is -0.381. The Kier molecular flexibility index (Phi) is 2.63. The van der Waals surface area contributed by atoms with E-state index in [4.69, 9.17) is 0 Å². The maximum Gasteiger partial charge on any atom is 0.335 e. The molecule has 0 amide bonds. The van der Waals surface area contributed by atoms with E-state index in [0.717, 1.165) is 15.5 Å². The molecule has 0 N–H and O–H groups in total. The lowest BCUT2D eigenvalue weighted by atomic mass is 9.84. The minimum absolute atomic E-state index is 0.0914. The lowest BCUT2D eigenvalue weighted by Gasteiger charge is -2.32. The highest BCUT2D eigenvalue weighted by Crippen LogP contribution is 2.36. The molecule has 0 saturated carbocycles. The van der Waals surface area contributed by atoms with Crippen molar-refractivity contribution in [1.29, 1.82) is 0 Å². The second kappa shape index (κ2) is 3.68. The maximum atomic E-state index is 12.4. The smallest absolute Gasteiger partial charge is 0.335 e. The van der Waals surface area contributed by atoms with Crippen LogP contribution in [0.5, 0.6) is 0 Å². The highest BCUT2D eigenvalue weighted by atomic mass is 16.5. The molecule has 0 fully saturated rings. The Morgan fingerprint density at radius 1 is 1.28 bits per heavy atom. The minimum Gasteiger partial charge on any atom is -0.714 e. The number of pyridine rings is 1. The summed E-state index contributed by atoms with van der Waals surface area (Å²) >= 11 is 0. The van der Waals surface area contributed by atoms with Gasteiger partial charge in [-0.3, -0.25) is 4.74 Å². The third-order valence-corrected chi connectivity index (χ3v) is 4.01. The van der Waals surface area contributed by atoms with Crippen LogP contribution in [0.4, 0.5) is 0 Å². The van der Waals surface area contributed by atoms with Gasteiger partial charge in [0, 0.05) is 10.9 Å². The van der Waals surface area contributed by atoms with Gasteiger partial charge in [-0.1, -0.05) is 11.1 Å². The molecule has 2 heterocycles. The second-order valence-electron chi connectivity index (χ2n) is 5.69. The van der Waals surface area contributed by atoms with E-state index in [2.05, 4.69) is 4.98 Å². The third kappa shape index (κ3) is 1.50. The van der Waals surface area contributed by atoms with Crippen LogP contribution in [0.3, 0.4) is 0 Å². The molecule has 1 aliphatic heterocycles. The molecule has 1 aliphatic rings. The first-order valence-electron chi connectivity index (χ1n) is 5.95.